The van der Waals surface area contributed by atoms with Crippen LogP contribution < -0.4 is 9.88 Å². The van der Waals surface area contributed by atoms with E-state index >= 15 is 0 Å². The fraction of sp³-hybridized carbons (Fsp3) is 0.538. The number of hydrogen-bond donors (Lipinski definition) is 1. The van der Waals surface area contributed by atoms with Crippen LogP contribution in [-0.2, 0) is 10.0 Å². The molecule has 18 heavy (non-hydrogen) atoms. The number of benzene rings is 1. The third kappa shape index (κ3) is 3.99. The van der Waals surface area contributed by atoms with Crippen LogP contribution in [0, 0.1) is 19.8 Å². The van der Waals surface area contributed by atoms with E-state index in [1.54, 1.807) is 19.1 Å². The number of rotatable bonds is 5. The summed E-state index contributed by atoms with van der Waals surface area (Å²) >= 11 is 0. The summed E-state index contributed by atoms with van der Waals surface area (Å²) in [7, 11) is -3.66. The first-order chi connectivity index (χ1) is 8.21. The number of aryl methyl sites for hydroxylation is 2. The summed E-state index contributed by atoms with van der Waals surface area (Å²) in [6, 6.07) is 3.30. The Labute approximate surface area is 109 Å². The molecule has 0 fully saturated rings. The van der Waals surface area contributed by atoms with Crippen molar-refractivity contribution in [2.24, 2.45) is 11.1 Å². The molecule has 1 aromatic rings. The molecule has 0 aromatic heterocycles. The third-order valence-electron chi connectivity index (χ3n) is 2.73. The predicted octanol–water partition coefficient (Wildman–Crippen LogP) is 2.38. The summed E-state index contributed by atoms with van der Waals surface area (Å²) in [6.45, 7) is 8.43. The summed E-state index contributed by atoms with van der Waals surface area (Å²) < 4.78 is 28.4. The van der Waals surface area contributed by atoms with Crippen molar-refractivity contribution in [2.75, 3.05) is 6.61 Å². The number of nitrogens with two attached hydrogens (primary N) is 1. The molecule has 0 spiro atoms. The molecule has 0 radical (unpaired) electrons. The Bertz CT molecular complexity index is 521. The summed E-state index contributed by atoms with van der Waals surface area (Å²) in [5.74, 6) is 1.30. The zero-order valence-electron chi connectivity index (χ0n) is 11.4. The van der Waals surface area contributed by atoms with Gasteiger partial charge in [0, 0.05) is 0 Å². The number of ether oxygens (including phenoxy) is 1. The number of hydrogen-bond acceptors (Lipinski definition) is 3. The average Bonchev–Trinajstić information content (AvgIpc) is 2.20. The van der Waals surface area contributed by atoms with Gasteiger partial charge in [-0.1, -0.05) is 13.8 Å². The monoisotopic (exact) mass is 271 g/mol. The fourth-order valence-corrected chi connectivity index (χ4v) is 2.48. The quantitative estimate of drug-likeness (QED) is 0.894. The molecule has 0 aliphatic rings. The largest absolute Gasteiger partial charge is 0.493 e. The Balaban J connectivity index is 2.94. The van der Waals surface area contributed by atoms with Crippen LogP contribution in [0.15, 0.2) is 17.0 Å². The van der Waals surface area contributed by atoms with Crippen LogP contribution in [0.3, 0.4) is 0 Å². The van der Waals surface area contributed by atoms with Crippen molar-refractivity contribution < 1.29 is 13.2 Å². The normalized spacial score (nSPS) is 11.9. The molecule has 5 heteroatoms. The molecule has 1 aromatic carbocycles. The van der Waals surface area contributed by atoms with Crippen LogP contribution in [-0.4, -0.2) is 15.0 Å². The van der Waals surface area contributed by atoms with E-state index in [0.29, 0.717) is 18.1 Å². The second kappa shape index (κ2) is 5.71. The molecule has 0 saturated heterocycles. The summed E-state index contributed by atoms with van der Waals surface area (Å²) in [5, 5.41) is 5.15. The van der Waals surface area contributed by atoms with Crippen molar-refractivity contribution in [3.8, 4) is 5.75 Å². The van der Waals surface area contributed by atoms with E-state index < -0.39 is 10.0 Å². The summed E-state index contributed by atoms with van der Waals surface area (Å²) in [4.78, 5) is 0.163. The number of primary sulfonamides is 1. The minimum Gasteiger partial charge on any atom is -0.493 e. The van der Waals surface area contributed by atoms with E-state index in [2.05, 4.69) is 13.8 Å². The number of sulfonamides is 1. The molecule has 0 unspecified atom stereocenters. The second-order valence-electron chi connectivity index (χ2n) is 4.96. The molecule has 4 nitrogen and oxygen atoms in total. The minimum absolute atomic E-state index is 0.163. The Morgan fingerprint density at radius 2 is 1.83 bits per heavy atom. The first kappa shape index (κ1) is 15.0. The topological polar surface area (TPSA) is 69.4 Å². The molecule has 1 rings (SSSR count). The van der Waals surface area contributed by atoms with Crippen LogP contribution in [0.5, 0.6) is 5.75 Å². The molecule has 0 aliphatic carbocycles. The zero-order chi connectivity index (χ0) is 13.9. The highest BCUT2D eigenvalue weighted by atomic mass is 32.2. The van der Waals surface area contributed by atoms with E-state index in [0.717, 1.165) is 17.7 Å². The van der Waals surface area contributed by atoms with E-state index in [1.807, 2.05) is 6.92 Å². The highest BCUT2D eigenvalue weighted by molar-refractivity contribution is 7.89. The van der Waals surface area contributed by atoms with Gasteiger partial charge in [-0.25, -0.2) is 13.6 Å². The van der Waals surface area contributed by atoms with Gasteiger partial charge in [0.15, 0.2) is 0 Å². The first-order valence-corrected chi connectivity index (χ1v) is 7.53. The van der Waals surface area contributed by atoms with Gasteiger partial charge in [0.05, 0.1) is 11.5 Å². The lowest BCUT2D eigenvalue weighted by atomic mass is 10.1. The molecular formula is C13H21NO3S. The fourth-order valence-electron chi connectivity index (χ4n) is 1.63. The van der Waals surface area contributed by atoms with E-state index in [4.69, 9.17) is 9.88 Å². The Kier molecular flexibility index (Phi) is 4.76. The average molecular weight is 271 g/mol. The van der Waals surface area contributed by atoms with Gasteiger partial charge < -0.3 is 4.74 Å². The molecular weight excluding hydrogens is 250 g/mol. The van der Waals surface area contributed by atoms with Crippen LogP contribution in [0.2, 0.25) is 0 Å². The molecule has 0 amide bonds. The van der Waals surface area contributed by atoms with Crippen molar-refractivity contribution >= 4 is 10.0 Å². The molecule has 0 bridgehead atoms. The van der Waals surface area contributed by atoms with Crippen molar-refractivity contribution in [1.82, 2.24) is 0 Å². The standard InChI is InChI=1S/C13H21NO3S/c1-9(2)5-6-17-12-7-11(4)13(8-10(12)3)18(14,15)16/h7-9H,5-6H2,1-4H3,(H2,14,15,16). The zero-order valence-corrected chi connectivity index (χ0v) is 12.2. The lowest BCUT2D eigenvalue weighted by Gasteiger charge is -2.13. The van der Waals surface area contributed by atoms with Gasteiger partial charge in [-0.15, -0.1) is 0 Å². The van der Waals surface area contributed by atoms with Crippen LogP contribution in [0.1, 0.15) is 31.4 Å². The van der Waals surface area contributed by atoms with Gasteiger partial charge in [-0.3, -0.25) is 0 Å². The Hall–Kier alpha value is -1.07. The molecule has 102 valence electrons. The maximum Gasteiger partial charge on any atom is 0.238 e. The van der Waals surface area contributed by atoms with Crippen LogP contribution in [0.4, 0.5) is 0 Å². The van der Waals surface area contributed by atoms with Gasteiger partial charge in [0.25, 0.3) is 0 Å². The molecule has 0 atom stereocenters. The van der Waals surface area contributed by atoms with Gasteiger partial charge in [-0.2, -0.15) is 0 Å². The molecule has 0 saturated carbocycles. The van der Waals surface area contributed by atoms with Crippen molar-refractivity contribution in [3.63, 3.8) is 0 Å². The van der Waals surface area contributed by atoms with Crippen LogP contribution >= 0.6 is 0 Å². The Morgan fingerprint density at radius 3 is 2.33 bits per heavy atom. The predicted molar refractivity (Wildman–Crippen MR) is 72.2 cm³/mol. The minimum atomic E-state index is -3.66. The van der Waals surface area contributed by atoms with E-state index in [-0.39, 0.29) is 4.90 Å². The lowest BCUT2D eigenvalue weighted by Crippen LogP contribution is -2.14. The van der Waals surface area contributed by atoms with Gasteiger partial charge in [-0.05, 0) is 49.4 Å². The summed E-state index contributed by atoms with van der Waals surface area (Å²) in [5.41, 5.74) is 1.40. The van der Waals surface area contributed by atoms with E-state index in [9.17, 15) is 8.42 Å². The Morgan fingerprint density at radius 1 is 1.22 bits per heavy atom. The SMILES string of the molecule is Cc1cc(S(N)(=O)=O)c(C)cc1OCCC(C)C. The van der Waals surface area contributed by atoms with Crippen molar-refractivity contribution in [1.29, 1.82) is 0 Å². The summed E-state index contributed by atoms with van der Waals surface area (Å²) in [6.07, 6.45) is 0.968. The van der Waals surface area contributed by atoms with Gasteiger partial charge in [0.1, 0.15) is 5.75 Å². The van der Waals surface area contributed by atoms with Gasteiger partial charge >= 0.3 is 0 Å². The first-order valence-electron chi connectivity index (χ1n) is 5.98. The molecule has 2 N–H and O–H groups in total. The molecule has 0 heterocycles. The molecule has 0 aliphatic heterocycles. The smallest absolute Gasteiger partial charge is 0.238 e. The highest BCUT2D eigenvalue weighted by Gasteiger charge is 2.14. The van der Waals surface area contributed by atoms with Gasteiger partial charge in [0.2, 0.25) is 10.0 Å². The second-order valence-corrected chi connectivity index (χ2v) is 6.49. The van der Waals surface area contributed by atoms with E-state index in [1.165, 1.54) is 0 Å². The van der Waals surface area contributed by atoms with Crippen LogP contribution in [0.25, 0.3) is 0 Å². The third-order valence-corrected chi connectivity index (χ3v) is 3.78. The maximum atomic E-state index is 11.4. The van der Waals surface area contributed by atoms with Crippen molar-refractivity contribution in [3.05, 3.63) is 23.3 Å². The lowest BCUT2D eigenvalue weighted by molar-refractivity contribution is 0.287. The maximum absolute atomic E-state index is 11.4. The highest BCUT2D eigenvalue weighted by Crippen LogP contribution is 2.25. The van der Waals surface area contributed by atoms with Crippen molar-refractivity contribution in [2.45, 2.75) is 39.0 Å².